The fourth-order valence-electron chi connectivity index (χ4n) is 16.5. The number of hydrogen-bond acceptors (Lipinski definition) is 3. The van der Waals surface area contributed by atoms with Crippen LogP contribution >= 0.6 is 0 Å². The minimum atomic E-state index is -2.15. The fourth-order valence-corrected chi connectivity index (χ4v) is 19.6. The molecular weight excluding hydrogens is 911 g/mol. The standard InChI is InChI=1S/C70H55N3Si/c1-74(2)62-35-34-56-54-26-15-17-29-60(54)70(50-37-43-36-44(39-50)40-51(70)38-43)65(56)64(62)58-33-30-46(42-63(58)74)52-24-12-13-27-57(52)68-72-66(45-18-6-3-7-19-45)71-67(73-68)47-31-32-55-53-25-14-16-28-59(53)69(61(55)41-47,48-20-8-4-9-21-48)49-22-10-5-11-23-49/h3-35,41-44,50-51H,36-40H2,1-2H3. The zero-order chi connectivity index (χ0) is 48.9. The number of nitrogens with zero attached hydrogens (tertiary/aromatic N) is 3. The fraction of sp³-hybridized carbons (Fsp3) is 0.186. The Kier molecular flexibility index (Phi) is 9.01. The van der Waals surface area contributed by atoms with E-state index in [-0.39, 0.29) is 5.41 Å². The van der Waals surface area contributed by atoms with Gasteiger partial charge in [-0.05, 0) is 150 Å². The van der Waals surface area contributed by atoms with Gasteiger partial charge in [-0.25, -0.2) is 15.0 Å². The van der Waals surface area contributed by atoms with Crippen molar-refractivity contribution in [2.75, 3.05) is 0 Å². The SMILES string of the molecule is C[Si]1(C)c2cc(-c3ccccc3-c3nc(-c4ccccc4)nc(-c4ccc5c(c4)C(c4ccccc4)(c4ccccc4)c4ccccc4-5)n3)ccc2-c2c1ccc1c2C2(c3ccccc3-1)C1CC3CC(C1)CC2C3. The van der Waals surface area contributed by atoms with E-state index in [0.29, 0.717) is 17.5 Å². The molecule has 74 heavy (non-hydrogen) atoms. The summed E-state index contributed by atoms with van der Waals surface area (Å²) in [6.45, 7) is 5.21. The molecule has 9 aromatic carbocycles. The normalized spacial score (nSPS) is 22.2. The van der Waals surface area contributed by atoms with E-state index >= 15 is 0 Å². The van der Waals surface area contributed by atoms with Crippen LogP contribution in [0.3, 0.4) is 0 Å². The molecule has 0 unspecified atom stereocenters. The van der Waals surface area contributed by atoms with E-state index in [1.165, 1.54) is 87.7 Å². The van der Waals surface area contributed by atoms with E-state index < -0.39 is 13.5 Å². The van der Waals surface area contributed by atoms with Crippen molar-refractivity contribution in [2.24, 2.45) is 23.7 Å². The second kappa shape index (κ2) is 15.6. The average molecular weight is 966 g/mol. The Morgan fingerprint density at radius 1 is 0.365 bits per heavy atom. The Balaban J connectivity index is 0.860. The number of fused-ring (bicyclic) bond motifs is 10. The van der Waals surface area contributed by atoms with Crippen molar-refractivity contribution in [2.45, 2.75) is 56.0 Å². The van der Waals surface area contributed by atoms with Crippen LogP contribution in [0.15, 0.2) is 212 Å². The predicted octanol–water partition coefficient (Wildman–Crippen LogP) is 15.4. The first-order chi connectivity index (χ1) is 36.4. The molecule has 354 valence electrons. The molecule has 7 aliphatic rings. The van der Waals surface area contributed by atoms with E-state index in [0.717, 1.165) is 45.9 Å². The summed E-state index contributed by atoms with van der Waals surface area (Å²) in [6, 6.07) is 79.2. The molecule has 4 heteroatoms. The first kappa shape index (κ1) is 42.7. The van der Waals surface area contributed by atoms with Crippen LogP contribution in [0, 0.1) is 23.7 Å². The van der Waals surface area contributed by atoms with E-state index in [1.54, 1.807) is 27.1 Å². The predicted molar refractivity (Wildman–Crippen MR) is 304 cm³/mol. The average Bonchev–Trinajstić information content (AvgIpc) is 4.12. The van der Waals surface area contributed by atoms with Gasteiger partial charge in [0.05, 0.1) is 5.41 Å². The minimum Gasteiger partial charge on any atom is -0.208 e. The van der Waals surface area contributed by atoms with E-state index in [9.17, 15) is 0 Å². The highest BCUT2D eigenvalue weighted by Crippen LogP contribution is 2.70. The Labute approximate surface area is 435 Å². The molecule has 1 aliphatic heterocycles. The van der Waals surface area contributed by atoms with E-state index in [4.69, 9.17) is 15.0 Å². The molecule has 4 fully saturated rings. The number of hydrogen-bond donors (Lipinski definition) is 0. The van der Waals surface area contributed by atoms with Gasteiger partial charge in [0.1, 0.15) is 8.07 Å². The largest absolute Gasteiger partial charge is 0.208 e. The van der Waals surface area contributed by atoms with Crippen LogP contribution in [0.25, 0.3) is 78.7 Å². The lowest BCUT2D eigenvalue weighted by Gasteiger charge is -2.61. The van der Waals surface area contributed by atoms with Crippen LogP contribution in [0.4, 0.5) is 0 Å². The smallest absolute Gasteiger partial charge is 0.164 e. The van der Waals surface area contributed by atoms with Gasteiger partial charge in [-0.15, -0.1) is 0 Å². The van der Waals surface area contributed by atoms with Gasteiger partial charge in [0, 0.05) is 22.1 Å². The van der Waals surface area contributed by atoms with Gasteiger partial charge in [-0.3, -0.25) is 0 Å². The second-order valence-corrected chi connectivity index (χ2v) is 27.3. The number of benzene rings is 9. The maximum Gasteiger partial charge on any atom is 0.164 e. The van der Waals surface area contributed by atoms with Crippen LogP contribution in [-0.4, -0.2) is 23.0 Å². The number of rotatable bonds is 6. The van der Waals surface area contributed by atoms with Crippen LogP contribution in [0.2, 0.25) is 13.1 Å². The molecule has 0 radical (unpaired) electrons. The van der Waals surface area contributed by atoms with E-state index in [2.05, 4.69) is 225 Å². The molecule has 10 aromatic rings. The van der Waals surface area contributed by atoms with Gasteiger partial charge in [-0.1, -0.05) is 219 Å². The quantitative estimate of drug-likeness (QED) is 0.156. The molecule has 1 aromatic heterocycles. The van der Waals surface area contributed by atoms with Crippen molar-refractivity contribution in [3.8, 4) is 78.7 Å². The first-order valence-electron chi connectivity index (χ1n) is 27.1. The molecule has 2 heterocycles. The molecule has 1 spiro atoms. The summed E-state index contributed by atoms with van der Waals surface area (Å²) in [6.07, 6.45) is 7.02. The lowest BCUT2D eigenvalue weighted by molar-refractivity contribution is -0.0397. The zero-order valence-corrected chi connectivity index (χ0v) is 42.9. The summed E-state index contributed by atoms with van der Waals surface area (Å²) in [5.74, 6) is 5.25. The Morgan fingerprint density at radius 2 is 0.865 bits per heavy atom. The van der Waals surface area contributed by atoms with E-state index in [1.807, 2.05) is 0 Å². The van der Waals surface area contributed by atoms with Crippen molar-refractivity contribution in [1.82, 2.24) is 15.0 Å². The third-order valence-electron chi connectivity index (χ3n) is 19.2. The van der Waals surface area contributed by atoms with Crippen molar-refractivity contribution in [3.63, 3.8) is 0 Å². The highest BCUT2D eigenvalue weighted by Gasteiger charge is 2.63. The molecule has 0 N–H and O–H groups in total. The molecule has 17 rings (SSSR count). The molecule has 3 nitrogen and oxygen atoms in total. The lowest BCUT2D eigenvalue weighted by Crippen LogP contribution is -2.56. The topological polar surface area (TPSA) is 38.7 Å². The van der Waals surface area contributed by atoms with Crippen LogP contribution < -0.4 is 10.4 Å². The molecule has 0 amide bonds. The van der Waals surface area contributed by atoms with Gasteiger partial charge in [0.2, 0.25) is 0 Å². The monoisotopic (exact) mass is 965 g/mol. The Hall–Kier alpha value is -7.79. The summed E-state index contributed by atoms with van der Waals surface area (Å²) in [5, 5.41) is 3.16. The van der Waals surface area contributed by atoms with Gasteiger partial charge < -0.3 is 0 Å². The highest BCUT2D eigenvalue weighted by atomic mass is 28.3. The summed E-state index contributed by atoms with van der Waals surface area (Å²) in [7, 11) is -2.15. The summed E-state index contributed by atoms with van der Waals surface area (Å²) in [4.78, 5) is 16.2. The van der Waals surface area contributed by atoms with Crippen molar-refractivity contribution < 1.29 is 0 Å². The zero-order valence-electron chi connectivity index (χ0n) is 41.9. The highest BCUT2D eigenvalue weighted by molar-refractivity contribution is 7.04. The van der Waals surface area contributed by atoms with Crippen molar-refractivity contribution >= 4 is 18.4 Å². The maximum absolute atomic E-state index is 5.52. The van der Waals surface area contributed by atoms with Crippen molar-refractivity contribution in [1.29, 1.82) is 0 Å². The molecule has 0 atom stereocenters. The number of aromatic nitrogens is 3. The second-order valence-electron chi connectivity index (χ2n) is 23.0. The summed E-state index contributed by atoms with van der Waals surface area (Å²) >= 11 is 0. The van der Waals surface area contributed by atoms with Gasteiger partial charge in [0.25, 0.3) is 0 Å². The summed E-state index contributed by atoms with van der Waals surface area (Å²) < 4.78 is 0. The molecule has 4 saturated carbocycles. The molecular formula is C70H55N3Si. The van der Waals surface area contributed by atoms with Gasteiger partial charge >= 0.3 is 0 Å². The minimum absolute atomic E-state index is 0.113. The third kappa shape index (κ3) is 5.70. The van der Waals surface area contributed by atoms with Gasteiger partial charge in [0.15, 0.2) is 17.5 Å². The lowest BCUT2D eigenvalue weighted by atomic mass is 9.42. The third-order valence-corrected chi connectivity index (χ3v) is 22.7. The Morgan fingerprint density at radius 3 is 1.54 bits per heavy atom. The van der Waals surface area contributed by atoms with Crippen LogP contribution in [0.1, 0.15) is 65.5 Å². The van der Waals surface area contributed by atoms with Crippen LogP contribution in [0.5, 0.6) is 0 Å². The summed E-state index contributed by atoms with van der Waals surface area (Å²) in [5.41, 5.74) is 21.7. The Bertz CT molecular complexity index is 3880. The molecule has 6 aliphatic carbocycles. The molecule has 0 saturated heterocycles. The first-order valence-corrected chi connectivity index (χ1v) is 30.1. The molecule has 4 bridgehead atoms. The maximum atomic E-state index is 5.52. The van der Waals surface area contributed by atoms with Crippen molar-refractivity contribution in [3.05, 3.63) is 246 Å². The van der Waals surface area contributed by atoms with Crippen LogP contribution in [-0.2, 0) is 10.8 Å². The van der Waals surface area contributed by atoms with Gasteiger partial charge in [-0.2, -0.15) is 0 Å².